The molecule has 3 heteroatoms. The van der Waals surface area contributed by atoms with Gasteiger partial charge < -0.3 is 10.4 Å². The Bertz CT molecular complexity index is 319. The fourth-order valence-corrected chi connectivity index (χ4v) is 1.43. The minimum Gasteiger partial charge on any atom is -0.396 e. The van der Waals surface area contributed by atoms with E-state index in [0.29, 0.717) is 19.5 Å². The fourth-order valence-electron chi connectivity index (χ4n) is 1.43. The van der Waals surface area contributed by atoms with Gasteiger partial charge in [-0.2, -0.15) is 0 Å². The molecule has 16 heavy (non-hydrogen) atoms. The molecule has 1 aromatic carbocycles. The van der Waals surface area contributed by atoms with Crippen molar-refractivity contribution in [2.45, 2.75) is 19.8 Å². The first-order valence-corrected chi connectivity index (χ1v) is 5.71. The van der Waals surface area contributed by atoms with Crippen molar-refractivity contribution in [3.63, 3.8) is 0 Å². The van der Waals surface area contributed by atoms with E-state index in [-0.39, 0.29) is 12.4 Å². The van der Waals surface area contributed by atoms with Crippen molar-refractivity contribution < 1.29 is 9.90 Å². The van der Waals surface area contributed by atoms with Crippen LogP contribution in [0.1, 0.15) is 29.3 Å². The van der Waals surface area contributed by atoms with E-state index in [0.717, 1.165) is 12.0 Å². The van der Waals surface area contributed by atoms with Crippen molar-refractivity contribution in [2.75, 3.05) is 19.7 Å². The van der Waals surface area contributed by atoms with E-state index in [1.165, 1.54) is 5.56 Å². The molecular formula is C13H19NO2. The van der Waals surface area contributed by atoms with E-state index < -0.39 is 0 Å². The zero-order valence-corrected chi connectivity index (χ0v) is 9.70. The van der Waals surface area contributed by atoms with Crippen LogP contribution in [0.25, 0.3) is 0 Å². The molecule has 0 saturated heterocycles. The minimum atomic E-state index is 0.0978. The summed E-state index contributed by atoms with van der Waals surface area (Å²) >= 11 is 0. The summed E-state index contributed by atoms with van der Waals surface area (Å²) in [5.41, 5.74) is 1.98. The predicted octanol–water partition coefficient (Wildman–Crippen LogP) is 1.40. The summed E-state index contributed by atoms with van der Waals surface area (Å²) in [6.45, 7) is 3.26. The average molecular weight is 221 g/mol. The van der Waals surface area contributed by atoms with Crippen LogP contribution in [0.5, 0.6) is 0 Å². The van der Waals surface area contributed by atoms with Crippen molar-refractivity contribution in [1.29, 1.82) is 0 Å². The summed E-state index contributed by atoms with van der Waals surface area (Å²) in [6.07, 6.45) is 1.67. The summed E-state index contributed by atoms with van der Waals surface area (Å²) in [5.74, 6) is 0.0978. The van der Waals surface area contributed by atoms with Gasteiger partial charge in [0.05, 0.1) is 6.54 Å². The Morgan fingerprint density at radius 2 is 2.00 bits per heavy atom. The third-order valence-electron chi connectivity index (χ3n) is 2.48. The summed E-state index contributed by atoms with van der Waals surface area (Å²) in [6, 6.07) is 7.71. The molecular weight excluding hydrogens is 202 g/mol. The lowest BCUT2D eigenvalue weighted by molar-refractivity contribution is 0.0990. The maximum absolute atomic E-state index is 11.7. The first kappa shape index (κ1) is 12.9. The lowest BCUT2D eigenvalue weighted by atomic mass is 10.1. The first-order chi connectivity index (χ1) is 7.77. The molecule has 1 aromatic rings. The van der Waals surface area contributed by atoms with Crippen LogP contribution in [-0.4, -0.2) is 30.6 Å². The number of benzene rings is 1. The molecule has 0 spiro atoms. The molecule has 0 bridgehead atoms. The van der Waals surface area contributed by atoms with Gasteiger partial charge in [0.15, 0.2) is 5.78 Å². The van der Waals surface area contributed by atoms with Crippen LogP contribution in [0.4, 0.5) is 0 Å². The fraction of sp³-hybridized carbons (Fsp3) is 0.462. The normalized spacial score (nSPS) is 10.4. The number of rotatable bonds is 7. The van der Waals surface area contributed by atoms with Crippen LogP contribution in [-0.2, 0) is 6.42 Å². The number of hydrogen-bond donors (Lipinski definition) is 2. The van der Waals surface area contributed by atoms with Gasteiger partial charge in [0.1, 0.15) is 0 Å². The molecule has 0 heterocycles. The van der Waals surface area contributed by atoms with Gasteiger partial charge >= 0.3 is 0 Å². The number of nitrogens with one attached hydrogen (secondary N) is 1. The number of aryl methyl sites for hydroxylation is 1. The second-order valence-corrected chi connectivity index (χ2v) is 3.73. The third-order valence-corrected chi connectivity index (χ3v) is 2.48. The molecule has 2 N–H and O–H groups in total. The standard InChI is InChI=1S/C13H19NO2/c1-2-11-4-6-12(7-5-11)13(16)10-14-8-3-9-15/h4-7,14-15H,2-3,8-10H2,1H3. The largest absolute Gasteiger partial charge is 0.396 e. The van der Waals surface area contributed by atoms with Crippen molar-refractivity contribution in [2.24, 2.45) is 0 Å². The molecule has 0 amide bonds. The Morgan fingerprint density at radius 1 is 1.31 bits per heavy atom. The van der Waals surface area contributed by atoms with Gasteiger partial charge in [-0.3, -0.25) is 4.79 Å². The lowest BCUT2D eigenvalue weighted by Gasteiger charge is -2.04. The van der Waals surface area contributed by atoms with Gasteiger partial charge in [0, 0.05) is 12.2 Å². The number of aliphatic hydroxyl groups excluding tert-OH is 1. The maximum Gasteiger partial charge on any atom is 0.176 e. The van der Waals surface area contributed by atoms with Crippen LogP contribution in [0.3, 0.4) is 0 Å². The predicted molar refractivity (Wildman–Crippen MR) is 64.7 cm³/mol. The third kappa shape index (κ3) is 4.13. The number of carbonyl (C=O) groups excluding carboxylic acids is 1. The van der Waals surface area contributed by atoms with E-state index in [9.17, 15) is 4.79 Å². The molecule has 0 saturated carbocycles. The quantitative estimate of drug-likeness (QED) is 0.540. The Hall–Kier alpha value is -1.19. The summed E-state index contributed by atoms with van der Waals surface area (Å²) < 4.78 is 0. The smallest absolute Gasteiger partial charge is 0.176 e. The summed E-state index contributed by atoms with van der Waals surface area (Å²) in [7, 11) is 0. The van der Waals surface area contributed by atoms with E-state index in [2.05, 4.69) is 12.2 Å². The van der Waals surface area contributed by atoms with E-state index in [4.69, 9.17) is 5.11 Å². The van der Waals surface area contributed by atoms with Crippen molar-refractivity contribution in [1.82, 2.24) is 5.32 Å². The van der Waals surface area contributed by atoms with Gasteiger partial charge in [-0.15, -0.1) is 0 Å². The van der Waals surface area contributed by atoms with E-state index in [1.807, 2.05) is 24.3 Å². The monoisotopic (exact) mass is 221 g/mol. The molecule has 3 nitrogen and oxygen atoms in total. The van der Waals surface area contributed by atoms with Gasteiger partial charge in [0.2, 0.25) is 0 Å². The zero-order chi connectivity index (χ0) is 11.8. The molecule has 0 aromatic heterocycles. The second kappa shape index (κ2) is 7.14. The van der Waals surface area contributed by atoms with Crippen LogP contribution in [0, 0.1) is 0 Å². The Labute approximate surface area is 96.5 Å². The van der Waals surface area contributed by atoms with Crippen LogP contribution < -0.4 is 5.32 Å². The highest BCUT2D eigenvalue weighted by atomic mass is 16.3. The van der Waals surface area contributed by atoms with E-state index in [1.54, 1.807) is 0 Å². The number of ketones is 1. The molecule has 0 fully saturated rings. The second-order valence-electron chi connectivity index (χ2n) is 3.73. The van der Waals surface area contributed by atoms with Gasteiger partial charge in [-0.25, -0.2) is 0 Å². The highest BCUT2D eigenvalue weighted by molar-refractivity contribution is 5.97. The molecule has 88 valence electrons. The number of Topliss-reactive ketones (excluding diaryl/α,β-unsaturated/α-hetero) is 1. The molecule has 0 aliphatic heterocycles. The highest BCUT2D eigenvalue weighted by Crippen LogP contribution is 2.05. The molecule has 1 rings (SSSR count). The van der Waals surface area contributed by atoms with Gasteiger partial charge in [0.25, 0.3) is 0 Å². The summed E-state index contributed by atoms with van der Waals surface area (Å²) in [4.78, 5) is 11.7. The molecule has 0 atom stereocenters. The van der Waals surface area contributed by atoms with Crippen molar-refractivity contribution in [3.05, 3.63) is 35.4 Å². The lowest BCUT2D eigenvalue weighted by Crippen LogP contribution is -2.24. The first-order valence-electron chi connectivity index (χ1n) is 5.71. The topological polar surface area (TPSA) is 49.3 Å². The zero-order valence-electron chi connectivity index (χ0n) is 9.70. The average Bonchev–Trinajstić information content (AvgIpc) is 2.34. The molecule has 0 unspecified atom stereocenters. The molecule has 0 aliphatic carbocycles. The van der Waals surface area contributed by atoms with Crippen molar-refractivity contribution >= 4 is 5.78 Å². The number of aliphatic hydroxyl groups is 1. The van der Waals surface area contributed by atoms with Crippen LogP contribution >= 0.6 is 0 Å². The Balaban J connectivity index is 2.40. The Morgan fingerprint density at radius 3 is 2.56 bits per heavy atom. The van der Waals surface area contributed by atoms with Gasteiger partial charge in [-0.1, -0.05) is 31.2 Å². The Kier molecular flexibility index (Phi) is 5.75. The molecule has 0 aliphatic rings. The maximum atomic E-state index is 11.7. The number of hydrogen-bond acceptors (Lipinski definition) is 3. The van der Waals surface area contributed by atoms with E-state index >= 15 is 0 Å². The van der Waals surface area contributed by atoms with Crippen molar-refractivity contribution in [3.8, 4) is 0 Å². The van der Waals surface area contributed by atoms with Crippen LogP contribution in [0.2, 0.25) is 0 Å². The SMILES string of the molecule is CCc1ccc(C(=O)CNCCCO)cc1. The minimum absolute atomic E-state index is 0.0978. The highest BCUT2D eigenvalue weighted by Gasteiger charge is 2.04. The van der Waals surface area contributed by atoms with Crippen LogP contribution in [0.15, 0.2) is 24.3 Å². The molecule has 0 radical (unpaired) electrons. The summed E-state index contributed by atoms with van der Waals surface area (Å²) in [5, 5.41) is 11.6. The van der Waals surface area contributed by atoms with Gasteiger partial charge in [-0.05, 0) is 24.9 Å². The number of carbonyl (C=O) groups is 1.